The van der Waals surface area contributed by atoms with Crippen molar-refractivity contribution >= 4 is 17.0 Å². The highest BCUT2D eigenvalue weighted by atomic mass is 16.5. The highest BCUT2D eigenvalue weighted by Crippen LogP contribution is 2.17. The fraction of sp³-hybridized carbons (Fsp3) is 0.533. The monoisotopic (exact) mass is 320 g/mol. The summed E-state index contributed by atoms with van der Waals surface area (Å²) >= 11 is 0. The van der Waals surface area contributed by atoms with Crippen LogP contribution in [-0.2, 0) is 0 Å². The standard InChI is InChI=1S/C15H22N5O3/c16-15-17-13-5-4-12(8-14(13)20(22)18-15)23-10-11(21)9-19-6-2-1-3-7-19/h4-5,8,11,21H,1-3,6-7,9-10H2,(H3,16,17,18,22)/q+1/t11-/m1/s1. The number of rotatable bonds is 5. The van der Waals surface area contributed by atoms with Gasteiger partial charge in [-0.25, -0.2) is 4.98 Å². The Kier molecular flexibility index (Phi) is 4.73. The van der Waals surface area contributed by atoms with E-state index in [1.165, 1.54) is 19.3 Å². The molecule has 2 aromatic rings. The summed E-state index contributed by atoms with van der Waals surface area (Å²) in [4.78, 5) is 18.1. The first kappa shape index (κ1) is 15.7. The second-order valence-corrected chi connectivity index (χ2v) is 5.88. The molecule has 1 aliphatic heterocycles. The summed E-state index contributed by atoms with van der Waals surface area (Å²) in [5, 5.41) is 12.5. The zero-order chi connectivity index (χ0) is 16.2. The van der Waals surface area contributed by atoms with Crippen molar-refractivity contribution in [2.24, 2.45) is 0 Å². The predicted octanol–water partition coefficient (Wildman–Crippen LogP) is 0.285. The molecular formula is C15H22N5O3+. The third kappa shape index (κ3) is 3.96. The van der Waals surface area contributed by atoms with Crippen molar-refractivity contribution in [3.8, 4) is 5.75 Å². The first-order valence-electron chi connectivity index (χ1n) is 7.87. The minimum atomic E-state index is -0.556. The van der Waals surface area contributed by atoms with Gasteiger partial charge in [0.2, 0.25) is 0 Å². The Balaban J connectivity index is 1.61. The normalized spacial score (nSPS) is 17.3. The van der Waals surface area contributed by atoms with Crippen LogP contribution in [0.3, 0.4) is 0 Å². The molecule has 8 nitrogen and oxygen atoms in total. The van der Waals surface area contributed by atoms with Gasteiger partial charge in [-0.2, -0.15) is 0 Å². The topological polar surface area (TPSA) is 110 Å². The number of benzene rings is 1. The Morgan fingerprint density at radius 2 is 2.17 bits per heavy atom. The lowest BCUT2D eigenvalue weighted by molar-refractivity contribution is -0.535. The number of β-amino-alcohol motifs (C(OH)–C–C–N with tert-alkyl or cyclic N) is 1. The lowest BCUT2D eigenvalue weighted by atomic mass is 10.1. The molecule has 0 aliphatic carbocycles. The zero-order valence-electron chi connectivity index (χ0n) is 12.9. The molecular weight excluding hydrogens is 298 g/mol. The second kappa shape index (κ2) is 6.93. The maximum atomic E-state index is 11.8. The van der Waals surface area contributed by atoms with E-state index in [1.807, 2.05) is 0 Å². The largest absolute Gasteiger partial charge is 0.491 e. The predicted molar refractivity (Wildman–Crippen MR) is 85.7 cm³/mol. The first-order chi connectivity index (χ1) is 11.1. The van der Waals surface area contributed by atoms with Gasteiger partial charge in [0, 0.05) is 6.54 Å². The third-order valence-corrected chi connectivity index (χ3v) is 3.98. The Bertz CT molecular complexity index is 727. The fourth-order valence-electron chi connectivity index (χ4n) is 2.85. The van der Waals surface area contributed by atoms with Gasteiger partial charge >= 0.3 is 5.52 Å². The summed E-state index contributed by atoms with van der Waals surface area (Å²) in [6, 6.07) is 4.96. The van der Waals surface area contributed by atoms with Crippen LogP contribution in [0.5, 0.6) is 5.75 Å². The van der Waals surface area contributed by atoms with Gasteiger partial charge in [0.25, 0.3) is 5.95 Å². The molecule has 1 fully saturated rings. The van der Waals surface area contributed by atoms with E-state index in [9.17, 15) is 10.0 Å². The molecule has 1 aromatic heterocycles. The number of hydrogen-bond acceptors (Lipinski definition) is 6. The van der Waals surface area contributed by atoms with E-state index >= 15 is 0 Å². The van der Waals surface area contributed by atoms with Crippen LogP contribution >= 0.6 is 0 Å². The Hall–Kier alpha value is -2.19. The van der Waals surface area contributed by atoms with Gasteiger partial charge in [-0.1, -0.05) is 11.5 Å². The Labute approximate surface area is 133 Å². The molecule has 8 heteroatoms. The number of hydrogen-bond donors (Lipinski definition) is 3. The van der Waals surface area contributed by atoms with Crippen LogP contribution in [-0.4, -0.2) is 52.4 Å². The van der Waals surface area contributed by atoms with Crippen LogP contribution < -0.4 is 15.0 Å². The Morgan fingerprint density at radius 1 is 1.39 bits per heavy atom. The molecule has 3 rings (SSSR count). The fourth-order valence-corrected chi connectivity index (χ4v) is 2.85. The highest BCUT2D eigenvalue weighted by Gasteiger charge is 2.16. The minimum absolute atomic E-state index is 0.0538. The number of piperidine rings is 1. The molecule has 1 aliphatic rings. The number of aromatic amines is 1. The molecule has 1 atom stereocenters. The Morgan fingerprint density at radius 3 is 2.96 bits per heavy atom. The SMILES string of the molecule is Nc1nc2ccc(OC[C@H](O)CN3CCCCC3)cc2[n+](=O)[nH]1. The number of nitrogens with two attached hydrogens (primary N) is 1. The number of nitrogens with zero attached hydrogens (tertiary/aromatic N) is 3. The molecule has 0 radical (unpaired) electrons. The smallest absolute Gasteiger partial charge is 0.321 e. The molecule has 0 amide bonds. The van der Waals surface area contributed by atoms with E-state index in [1.54, 1.807) is 18.2 Å². The van der Waals surface area contributed by atoms with Crippen molar-refractivity contribution in [3.05, 3.63) is 23.1 Å². The molecule has 0 bridgehead atoms. The molecule has 1 saturated heterocycles. The number of nitrogen functional groups attached to an aromatic ring is 1. The van der Waals surface area contributed by atoms with E-state index in [0.29, 0.717) is 27.9 Å². The second-order valence-electron chi connectivity index (χ2n) is 5.88. The third-order valence-electron chi connectivity index (χ3n) is 3.98. The van der Waals surface area contributed by atoms with Crippen LogP contribution in [0.2, 0.25) is 0 Å². The number of likely N-dealkylation sites (tertiary alicyclic amines) is 1. The summed E-state index contributed by atoms with van der Waals surface area (Å²) in [6.45, 7) is 2.87. The molecule has 0 saturated carbocycles. The average molecular weight is 320 g/mol. The summed E-state index contributed by atoms with van der Waals surface area (Å²) in [5.74, 6) is 0.567. The van der Waals surface area contributed by atoms with E-state index in [4.69, 9.17) is 10.5 Å². The van der Waals surface area contributed by atoms with Gasteiger partial charge in [-0.05, 0) is 38.1 Å². The number of nitrogens with one attached hydrogen (secondary N) is 1. The first-order valence-corrected chi connectivity index (χ1v) is 7.87. The molecule has 0 spiro atoms. The number of H-pyrrole nitrogens is 1. The maximum absolute atomic E-state index is 11.8. The van der Waals surface area contributed by atoms with Crippen molar-refractivity contribution in [1.29, 1.82) is 0 Å². The van der Waals surface area contributed by atoms with Crippen molar-refractivity contribution in [2.75, 3.05) is 32.0 Å². The van der Waals surface area contributed by atoms with Crippen LogP contribution in [0.1, 0.15) is 19.3 Å². The average Bonchev–Trinajstić information content (AvgIpc) is 2.54. The summed E-state index contributed by atoms with van der Waals surface area (Å²) in [7, 11) is 0. The number of aromatic nitrogens is 3. The van der Waals surface area contributed by atoms with E-state index in [0.717, 1.165) is 13.1 Å². The van der Waals surface area contributed by atoms with Gasteiger partial charge in [0.1, 0.15) is 24.0 Å². The molecule has 23 heavy (non-hydrogen) atoms. The van der Waals surface area contributed by atoms with Gasteiger partial charge in [0.05, 0.1) is 11.0 Å². The zero-order valence-corrected chi connectivity index (χ0v) is 12.9. The quantitative estimate of drug-likeness (QED) is 0.683. The highest BCUT2D eigenvalue weighted by molar-refractivity contribution is 5.73. The minimum Gasteiger partial charge on any atom is -0.491 e. The molecule has 2 heterocycles. The summed E-state index contributed by atoms with van der Waals surface area (Å²) < 4.78 is 6.15. The van der Waals surface area contributed by atoms with Crippen LogP contribution in [0.25, 0.3) is 11.0 Å². The van der Waals surface area contributed by atoms with Gasteiger partial charge < -0.3 is 20.5 Å². The van der Waals surface area contributed by atoms with E-state index in [-0.39, 0.29) is 12.6 Å². The van der Waals surface area contributed by atoms with Gasteiger partial charge in [-0.15, -0.1) is 0 Å². The number of fused-ring (bicyclic) bond motifs is 1. The lowest BCUT2D eigenvalue weighted by Crippen LogP contribution is -2.38. The van der Waals surface area contributed by atoms with Crippen molar-refractivity contribution in [1.82, 2.24) is 15.0 Å². The molecule has 1 aromatic carbocycles. The number of anilines is 1. The van der Waals surface area contributed by atoms with Crippen LogP contribution in [0.4, 0.5) is 5.95 Å². The summed E-state index contributed by atoms with van der Waals surface area (Å²) in [6.07, 6.45) is 3.09. The number of aliphatic hydroxyl groups is 1. The summed E-state index contributed by atoms with van der Waals surface area (Å²) in [5.41, 5.74) is 6.31. The van der Waals surface area contributed by atoms with Crippen molar-refractivity contribution in [2.45, 2.75) is 25.4 Å². The van der Waals surface area contributed by atoms with Crippen LogP contribution in [0.15, 0.2) is 18.2 Å². The lowest BCUT2D eigenvalue weighted by Gasteiger charge is -2.28. The molecule has 4 N–H and O–H groups in total. The van der Waals surface area contributed by atoms with Crippen molar-refractivity contribution < 1.29 is 14.4 Å². The molecule has 0 unspecified atom stereocenters. The number of aliphatic hydroxyl groups excluding tert-OH is 1. The van der Waals surface area contributed by atoms with Gasteiger partial charge in [0.15, 0.2) is 4.54 Å². The molecule has 124 valence electrons. The van der Waals surface area contributed by atoms with E-state index in [2.05, 4.69) is 15.0 Å². The van der Waals surface area contributed by atoms with Gasteiger partial charge in [-0.3, -0.25) is 0 Å². The van der Waals surface area contributed by atoms with Crippen LogP contribution in [0, 0.1) is 4.91 Å². The maximum Gasteiger partial charge on any atom is 0.321 e. The van der Waals surface area contributed by atoms with E-state index < -0.39 is 6.10 Å². The number of ether oxygens (including phenoxy) is 1. The van der Waals surface area contributed by atoms with Crippen molar-refractivity contribution in [3.63, 3.8) is 0 Å².